The van der Waals surface area contributed by atoms with Crippen LogP contribution >= 0.6 is 11.6 Å². The molecule has 0 radical (unpaired) electrons. The van der Waals surface area contributed by atoms with E-state index < -0.39 is 5.91 Å². The molecule has 0 saturated heterocycles. The number of nitrogens with one attached hydrogen (secondary N) is 2. The van der Waals surface area contributed by atoms with Gasteiger partial charge in [0.25, 0.3) is 11.8 Å². The molecule has 1 heterocycles. The monoisotopic (exact) mass is 355 g/mol. The number of carbonyl (C=O) groups excluding carboxylic acids is 2. The van der Waals surface area contributed by atoms with Crippen LogP contribution in [0, 0.1) is 6.92 Å². The third kappa shape index (κ3) is 3.87. The van der Waals surface area contributed by atoms with Crippen molar-refractivity contribution >= 4 is 35.1 Å². The van der Waals surface area contributed by atoms with Crippen molar-refractivity contribution in [2.75, 3.05) is 10.6 Å². The third-order valence-corrected chi connectivity index (χ3v) is 3.92. The Balaban J connectivity index is 1.69. The molecule has 0 aliphatic carbocycles. The van der Waals surface area contributed by atoms with E-state index in [-0.39, 0.29) is 17.6 Å². The van der Waals surface area contributed by atoms with Crippen molar-refractivity contribution < 1.29 is 14.0 Å². The summed E-state index contributed by atoms with van der Waals surface area (Å²) in [6.45, 7) is 1.80. The Morgan fingerprint density at radius 2 is 1.76 bits per heavy atom. The van der Waals surface area contributed by atoms with Gasteiger partial charge in [0.1, 0.15) is 6.26 Å². The summed E-state index contributed by atoms with van der Waals surface area (Å²) < 4.78 is 5.14. The number of aromatic nitrogens is 1. The van der Waals surface area contributed by atoms with Gasteiger partial charge in [-0.3, -0.25) is 14.9 Å². The predicted molar refractivity (Wildman–Crippen MR) is 95.0 cm³/mol. The molecular weight excluding hydrogens is 342 g/mol. The number of carbonyl (C=O) groups is 2. The summed E-state index contributed by atoms with van der Waals surface area (Å²) in [7, 11) is 0. The first-order chi connectivity index (χ1) is 12.0. The Bertz CT molecular complexity index is 922. The van der Waals surface area contributed by atoms with E-state index in [1.165, 1.54) is 6.26 Å². The number of nitrogens with zero attached hydrogens (tertiary/aromatic N) is 1. The van der Waals surface area contributed by atoms with Crippen molar-refractivity contribution in [2.45, 2.75) is 6.92 Å². The van der Waals surface area contributed by atoms with Crippen LogP contribution in [0.5, 0.6) is 0 Å². The fourth-order valence-corrected chi connectivity index (χ4v) is 2.30. The molecule has 0 atom stereocenters. The molecule has 0 unspecified atom stereocenters. The molecule has 7 heteroatoms. The number of rotatable bonds is 4. The van der Waals surface area contributed by atoms with E-state index >= 15 is 0 Å². The maximum Gasteiger partial charge on any atom is 0.302 e. The molecule has 0 fully saturated rings. The minimum absolute atomic E-state index is 0.0442. The lowest BCUT2D eigenvalue weighted by molar-refractivity contribution is 0.101. The first kappa shape index (κ1) is 16.7. The average molecular weight is 356 g/mol. The second kappa shape index (κ2) is 7.19. The smallest absolute Gasteiger partial charge is 0.302 e. The molecular formula is C18H14ClN3O3. The van der Waals surface area contributed by atoms with Crippen LogP contribution in [0.2, 0.25) is 5.02 Å². The number of amides is 2. The Morgan fingerprint density at radius 1 is 1.00 bits per heavy atom. The lowest BCUT2D eigenvalue weighted by Crippen LogP contribution is -2.15. The molecule has 126 valence electrons. The van der Waals surface area contributed by atoms with E-state index in [0.717, 1.165) is 5.56 Å². The average Bonchev–Trinajstić information content (AvgIpc) is 3.08. The van der Waals surface area contributed by atoms with Gasteiger partial charge in [0, 0.05) is 16.3 Å². The van der Waals surface area contributed by atoms with Gasteiger partial charge in [-0.15, -0.1) is 0 Å². The van der Waals surface area contributed by atoms with Crippen molar-refractivity contribution in [3.63, 3.8) is 0 Å². The zero-order chi connectivity index (χ0) is 17.8. The highest BCUT2D eigenvalue weighted by Gasteiger charge is 2.16. The topological polar surface area (TPSA) is 84.2 Å². The molecule has 2 aromatic carbocycles. The Kier molecular flexibility index (Phi) is 4.81. The fraction of sp³-hybridized carbons (Fsp3) is 0.0556. The van der Waals surface area contributed by atoms with Crippen molar-refractivity contribution in [1.82, 2.24) is 4.98 Å². The first-order valence-electron chi connectivity index (χ1n) is 7.43. The maximum atomic E-state index is 12.3. The number of halogens is 1. The quantitative estimate of drug-likeness (QED) is 0.736. The van der Waals surface area contributed by atoms with Crippen molar-refractivity contribution in [1.29, 1.82) is 0 Å². The molecule has 0 aliphatic heterocycles. The van der Waals surface area contributed by atoms with Crippen LogP contribution < -0.4 is 10.6 Å². The van der Waals surface area contributed by atoms with Crippen LogP contribution in [-0.4, -0.2) is 16.8 Å². The van der Waals surface area contributed by atoms with E-state index in [0.29, 0.717) is 16.3 Å². The van der Waals surface area contributed by atoms with E-state index in [1.807, 2.05) is 6.07 Å². The zero-order valence-corrected chi connectivity index (χ0v) is 14.0. The van der Waals surface area contributed by atoms with Gasteiger partial charge in [-0.05, 0) is 36.8 Å². The number of oxazole rings is 1. The van der Waals surface area contributed by atoms with Crippen LogP contribution in [0.25, 0.3) is 0 Å². The van der Waals surface area contributed by atoms with Gasteiger partial charge in [0.2, 0.25) is 0 Å². The molecule has 0 bridgehead atoms. The van der Waals surface area contributed by atoms with Gasteiger partial charge in [-0.1, -0.05) is 35.9 Å². The summed E-state index contributed by atoms with van der Waals surface area (Å²) in [6, 6.07) is 13.8. The van der Waals surface area contributed by atoms with Gasteiger partial charge < -0.3 is 9.73 Å². The molecule has 0 spiro atoms. The summed E-state index contributed by atoms with van der Waals surface area (Å²) in [5, 5.41) is 5.76. The number of benzene rings is 2. The summed E-state index contributed by atoms with van der Waals surface area (Å²) in [6.07, 6.45) is 1.18. The van der Waals surface area contributed by atoms with E-state index in [1.54, 1.807) is 49.4 Å². The molecule has 6 nitrogen and oxygen atoms in total. The molecule has 0 aliphatic rings. The highest BCUT2D eigenvalue weighted by Crippen LogP contribution is 2.23. The van der Waals surface area contributed by atoms with Gasteiger partial charge >= 0.3 is 6.01 Å². The molecule has 1 aromatic heterocycles. The molecule has 0 saturated carbocycles. The number of hydrogen-bond acceptors (Lipinski definition) is 4. The van der Waals surface area contributed by atoms with Crippen LogP contribution in [0.3, 0.4) is 0 Å². The second-order valence-corrected chi connectivity index (χ2v) is 5.63. The number of anilines is 2. The summed E-state index contributed by atoms with van der Waals surface area (Å²) in [4.78, 5) is 28.3. The van der Waals surface area contributed by atoms with Crippen LogP contribution in [-0.2, 0) is 0 Å². The summed E-state index contributed by atoms with van der Waals surface area (Å²) >= 11 is 6.03. The number of hydrogen-bond donors (Lipinski definition) is 2. The van der Waals surface area contributed by atoms with E-state index in [4.69, 9.17) is 16.0 Å². The van der Waals surface area contributed by atoms with Gasteiger partial charge in [-0.25, -0.2) is 0 Å². The largest absolute Gasteiger partial charge is 0.431 e. The minimum atomic E-state index is -0.464. The van der Waals surface area contributed by atoms with E-state index in [2.05, 4.69) is 15.6 Å². The molecule has 3 rings (SSSR count). The zero-order valence-electron chi connectivity index (χ0n) is 13.2. The fourth-order valence-electron chi connectivity index (χ4n) is 2.12. The highest BCUT2D eigenvalue weighted by atomic mass is 35.5. The predicted octanol–water partition coefficient (Wildman–Crippen LogP) is 4.14. The Hall–Kier alpha value is -3.12. The van der Waals surface area contributed by atoms with Crippen LogP contribution in [0.4, 0.5) is 11.7 Å². The second-order valence-electron chi connectivity index (χ2n) is 5.22. The maximum absolute atomic E-state index is 12.3. The van der Waals surface area contributed by atoms with E-state index in [9.17, 15) is 9.59 Å². The van der Waals surface area contributed by atoms with Gasteiger partial charge in [0.05, 0.1) is 0 Å². The SMILES string of the molecule is Cc1c(Cl)cccc1NC(=O)c1coc(NC(=O)c2ccccc2)n1. The molecule has 2 amide bonds. The normalized spacial score (nSPS) is 10.3. The van der Waals surface area contributed by atoms with Gasteiger partial charge in [0.15, 0.2) is 5.69 Å². The Labute approximate surface area is 148 Å². The lowest BCUT2D eigenvalue weighted by atomic mass is 10.2. The standard InChI is InChI=1S/C18H14ClN3O3/c1-11-13(19)8-5-9-14(11)20-17(24)15-10-25-18(21-15)22-16(23)12-6-3-2-4-7-12/h2-10H,1H3,(H,20,24)(H,21,22,23). The lowest BCUT2D eigenvalue weighted by Gasteiger charge is -2.07. The molecule has 25 heavy (non-hydrogen) atoms. The highest BCUT2D eigenvalue weighted by molar-refractivity contribution is 6.31. The van der Waals surface area contributed by atoms with Crippen molar-refractivity contribution in [3.8, 4) is 0 Å². The summed E-state index contributed by atoms with van der Waals surface area (Å²) in [5.41, 5.74) is 1.83. The van der Waals surface area contributed by atoms with Gasteiger partial charge in [-0.2, -0.15) is 4.98 Å². The van der Waals surface area contributed by atoms with Crippen molar-refractivity contribution in [3.05, 3.63) is 76.6 Å². The van der Waals surface area contributed by atoms with Crippen LogP contribution in [0.15, 0.2) is 59.2 Å². The third-order valence-electron chi connectivity index (χ3n) is 3.51. The first-order valence-corrected chi connectivity index (χ1v) is 7.81. The van der Waals surface area contributed by atoms with Crippen molar-refractivity contribution in [2.24, 2.45) is 0 Å². The minimum Gasteiger partial charge on any atom is -0.431 e. The molecule has 3 aromatic rings. The Morgan fingerprint density at radius 3 is 2.52 bits per heavy atom. The summed E-state index contributed by atoms with van der Waals surface area (Å²) in [5.74, 6) is -0.838. The molecule has 2 N–H and O–H groups in total. The van der Waals surface area contributed by atoms with Crippen LogP contribution in [0.1, 0.15) is 26.4 Å².